The molecule has 3 atom stereocenters. The normalized spacial score (nSPS) is 27.4. The molecule has 1 saturated carbocycles. The predicted octanol–water partition coefficient (Wildman–Crippen LogP) is 5.58. The van der Waals surface area contributed by atoms with Crippen LogP contribution in [0.3, 0.4) is 0 Å². The molecule has 2 amide bonds. The molecule has 0 radical (unpaired) electrons. The fraction of sp³-hybridized carbons (Fsp3) is 0.581. The van der Waals surface area contributed by atoms with E-state index in [1.165, 1.54) is 57.9 Å². The fourth-order valence-corrected chi connectivity index (χ4v) is 7.10. The maximum Gasteiger partial charge on any atom is 0.315 e. The minimum absolute atomic E-state index is 0.193. The maximum atomic E-state index is 13.0. The molecule has 3 N–H and O–H groups in total. The van der Waals surface area contributed by atoms with Gasteiger partial charge in [-0.2, -0.15) is 0 Å². The molecule has 2 aliphatic heterocycles. The Balaban J connectivity index is 1.12. The van der Waals surface area contributed by atoms with E-state index < -0.39 is 11.6 Å². The molecular formula is C31H43N3O2. The van der Waals surface area contributed by atoms with Gasteiger partial charge in [-0.25, -0.2) is 4.79 Å². The number of urea groups is 1. The Morgan fingerprint density at radius 2 is 1.44 bits per heavy atom. The van der Waals surface area contributed by atoms with Gasteiger partial charge in [-0.1, -0.05) is 67.1 Å². The maximum absolute atomic E-state index is 13.0. The average Bonchev–Trinajstić information content (AvgIpc) is 3.13. The Labute approximate surface area is 216 Å². The molecule has 36 heavy (non-hydrogen) atoms. The van der Waals surface area contributed by atoms with Crippen LogP contribution in [0.15, 0.2) is 60.7 Å². The lowest BCUT2D eigenvalue weighted by atomic mass is 9.81. The summed E-state index contributed by atoms with van der Waals surface area (Å²) in [5.74, 6) is 0.785. The van der Waals surface area contributed by atoms with Crippen molar-refractivity contribution in [1.29, 1.82) is 0 Å². The first-order chi connectivity index (χ1) is 17.5. The standard InChI is InChI=1S/C31H43N3O2/c1-23(31(36,25-9-4-2-5-10-25)26-11-6-3-7-12-26)32-30(35)33-27-17-15-24(16-18-27)21-22-34-28-13-8-14-29(34)20-19-28/h2-7,9-12,23-24,27-29,36H,8,13-22H2,1H3,(H2,32,33,35)/t23-,24?,27?,28-,29+/m1/s1. The van der Waals surface area contributed by atoms with Gasteiger partial charge in [0.05, 0.1) is 6.04 Å². The highest BCUT2D eigenvalue weighted by Gasteiger charge is 2.39. The third-order valence-electron chi connectivity index (χ3n) is 9.23. The molecule has 5 heteroatoms. The number of fused-ring (bicyclic) bond motifs is 2. The van der Waals surface area contributed by atoms with Gasteiger partial charge in [0, 0.05) is 18.1 Å². The van der Waals surface area contributed by atoms with Crippen LogP contribution in [-0.2, 0) is 5.60 Å². The van der Waals surface area contributed by atoms with Gasteiger partial charge in [0.1, 0.15) is 5.60 Å². The number of benzene rings is 2. The van der Waals surface area contributed by atoms with Gasteiger partial charge in [0.2, 0.25) is 0 Å². The summed E-state index contributed by atoms with van der Waals surface area (Å²) in [6, 6.07) is 20.5. The number of carbonyl (C=O) groups excluding carboxylic acids is 1. The Morgan fingerprint density at radius 1 is 0.889 bits per heavy atom. The van der Waals surface area contributed by atoms with Gasteiger partial charge in [-0.3, -0.25) is 4.90 Å². The quantitative estimate of drug-likeness (QED) is 0.454. The Bertz CT molecular complexity index is 918. The van der Waals surface area contributed by atoms with Crippen molar-refractivity contribution in [3.8, 4) is 0 Å². The molecule has 2 aromatic carbocycles. The summed E-state index contributed by atoms with van der Waals surface area (Å²) in [6.07, 6.45) is 12.9. The van der Waals surface area contributed by atoms with Crippen LogP contribution in [0.25, 0.3) is 0 Å². The van der Waals surface area contributed by atoms with Crippen LogP contribution in [0.4, 0.5) is 4.79 Å². The first-order valence-corrected chi connectivity index (χ1v) is 14.2. The second kappa shape index (κ2) is 11.4. The lowest BCUT2D eigenvalue weighted by Gasteiger charge is -2.37. The minimum atomic E-state index is -1.31. The number of hydrogen-bond acceptors (Lipinski definition) is 3. The Hall–Kier alpha value is -2.37. The fourth-order valence-electron chi connectivity index (χ4n) is 7.10. The Morgan fingerprint density at radius 3 is 2.00 bits per heavy atom. The molecular weight excluding hydrogens is 446 g/mol. The van der Waals surface area contributed by atoms with Crippen molar-refractivity contribution in [2.24, 2.45) is 5.92 Å². The highest BCUT2D eigenvalue weighted by molar-refractivity contribution is 5.75. The molecule has 0 unspecified atom stereocenters. The SMILES string of the molecule is C[C@@H](NC(=O)NC1CCC(CCN2[C@@H]3CCC[C@H]2CC3)CC1)C(O)(c1ccccc1)c1ccccc1. The number of piperidine rings is 1. The summed E-state index contributed by atoms with van der Waals surface area (Å²) < 4.78 is 0. The van der Waals surface area contributed by atoms with Gasteiger partial charge in [-0.15, -0.1) is 0 Å². The van der Waals surface area contributed by atoms with Gasteiger partial charge in [0.15, 0.2) is 0 Å². The summed E-state index contributed by atoms with van der Waals surface area (Å²) in [5.41, 5.74) is 0.226. The molecule has 2 aromatic rings. The number of rotatable bonds is 8. The lowest BCUT2D eigenvalue weighted by Crippen LogP contribution is -2.54. The van der Waals surface area contributed by atoms with Crippen molar-refractivity contribution >= 4 is 6.03 Å². The molecule has 194 valence electrons. The monoisotopic (exact) mass is 489 g/mol. The first kappa shape index (κ1) is 25.3. The molecule has 2 saturated heterocycles. The third-order valence-corrected chi connectivity index (χ3v) is 9.23. The molecule has 3 fully saturated rings. The van der Waals surface area contributed by atoms with Crippen molar-refractivity contribution in [3.05, 3.63) is 71.8 Å². The molecule has 3 aliphatic rings. The number of carbonyl (C=O) groups is 1. The zero-order chi connectivity index (χ0) is 25.0. The smallest absolute Gasteiger partial charge is 0.315 e. The second-order valence-electron chi connectivity index (χ2n) is 11.4. The number of amides is 2. The largest absolute Gasteiger partial charge is 0.378 e. The predicted molar refractivity (Wildman–Crippen MR) is 145 cm³/mol. The molecule has 0 aromatic heterocycles. The topological polar surface area (TPSA) is 64.6 Å². The van der Waals surface area contributed by atoms with E-state index in [9.17, 15) is 9.90 Å². The van der Waals surface area contributed by atoms with Crippen LogP contribution < -0.4 is 10.6 Å². The summed E-state index contributed by atoms with van der Waals surface area (Å²) in [6.45, 7) is 3.15. The van der Waals surface area contributed by atoms with E-state index >= 15 is 0 Å². The highest BCUT2D eigenvalue weighted by Crippen LogP contribution is 2.37. The summed E-state index contributed by atoms with van der Waals surface area (Å²) in [5, 5.41) is 18.1. The molecule has 5 nitrogen and oxygen atoms in total. The van der Waals surface area contributed by atoms with Gasteiger partial charge < -0.3 is 15.7 Å². The van der Waals surface area contributed by atoms with E-state index in [2.05, 4.69) is 15.5 Å². The van der Waals surface area contributed by atoms with Gasteiger partial charge in [0.25, 0.3) is 0 Å². The van der Waals surface area contributed by atoms with Crippen molar-refractivity contribution in [2.75, 3.05) is 6.54 Å². The van der Waals surface area contributed by atoms with E-state index in [0.717, 1.165) is 42.0 Å². The van der Waals surface area contributed by atoms with E-state index in [1.807, 2.05) is 67.6 Å². The number of hydrogen-bond donors (Lipinski definition) is 3. The van der Waals surface area contributed by atoms with Gasteiger partial charge in [-0.05, 0) is 88.3 Å². The highest BCUT2D eigenvalue weighted by atomic mass is 16.3. The van der Waals surface area contributed by atoms with Crippen LogP contribution in [0.1, 0.15) is 82.3 Å². The second-order valence-corrected chi connectivity index (χ2v) is 11.4. The van der Waals surface area contributed by atoms with E-state index in [1.54, 1.807) is 0 Å². The average molecular weight is 490 g/mol. The summed E-state index contributed by atoms with van der Waals surface area (Å²) >= 11 is 0. The zero-order valence-electron chi connectivity index (χ0n) is 21.7. The van der Waals surface area contributed by atoms with Crippen molar-refractivity contribution < 1.29 is 9.90 Å². The van der Waals surface area contributed by atoms with E-state index in [-0.39, 0.29) is 12.1 Å². The molecule has 1 aliphatic carbocycles. The van der Waals surface area contributed by atoms with Crippen LogP contribution in [0.5, 0.6) is 0 Å². The molecule has 0 spiro atoms. The van der Waals surface area contributed by atoms with Crippen LogP contribution in [0.2, 0.25) is 0 Å². The summed E-state index contributed by atoms with van der Waals surface area (Å²) in [4.78, 5) is 15.8. The zero-order valence-corrected chi connectivity index (χ0v) is 21.7. The molecule has 2 heterocycles. The number of nitrogens with zero attached hydrogens (tertiary/aromatic N) is 1. The Kier molecular flexibility index (Phi) is 7.97. The van der Waals surface area contributed by atoms with Crippen LogP contribution in [-0.4, -0.2) is 46.7 Å². The molecule has 5 rings (SSSR count). The number of nitrogens with one attached hydrogen (secondary N) is 2. The van der Waals surface area contributed by atoms with E-state index in [4.69, 9.17) is 0 Å². The van der Waals surface area contributed by atoms with Crippen molar-refractivity contribution in [2.45, 2.75) is 101 Å². The molecule has 2 bridgehead atoms. The van der Waals surface area contributed by atoms with Crippen LogP contribution in [0, 0.1) is 5.92 Å². The number of aliphatic hydroxyl groups is 1. The lowest BCUT2D eigenvalue weighted by molar-refractivity contribution is 0.0470. The summed E-state index contributed by atoms with van der Waals surface area (Å²) in [7, 11) is 0. The third kappa shape index (κ3) is 5.47. The van der Waals surface area contributed by atoms with Crippen molar-refractivity contribution in [1.82, 2.24) is 15.5 Å². The van der Waals surface area contributed by atoms with Crippen LogP contribution >= 0.6 is 0 Å². The minimum Gasteiger partial charge on any atom is -0.378 e. The van der Waals surface area contributed by atoms with Crippen molar-refractivity contribution in [3.63, 3.8) is 0 Å². The van der Waals surface area contributed by atoms with E-state index in [0.29, 0.717) is 0 Å². The first-order valence-electron chi connectivity index (χ1n) is 14.2. The van der Waals surface area contributed by atoms with Gasteiger partial charge >= 0.3 is 6.03 Å².